The van der Waals surface area contributed by atoms with Crippen molar-refractivity contribution in [1.82, 2.24) is 4.90 Å². The lowest BCUT2D eigenvalue weighted by Crippen LogP contribution is -2.26. The maximum atomic E-state index is 12.2. The van der Waals surface area contributed by atoms with Crippen molar-refractivity contribution in [2.45, 2.75) is 19.4 Å². The molecule has 0 radical (unpaired) electrons. The number of amides is 1. The quantitative estimate of drug-likeness (QED) is 0.604. The molecule has 24 heavy (non-hydrogen) atoms. The van der Waals surface area contributed by atoms with E-state index in [4.69, 9.17) is 5.26 Å². The molecule has 2 aromatic carbocycles. The summed E-state index contributed by atoms with van der Waals surface area (Å²) < 4.78 is 0. The number of hydrogen-bond donors (Lipinski definition) is 0. The Morgan fingerprint density at radius 3 is 2.54 bits per heavy atom. The van der Waals surface area contributed by atoms with Crippen molar-refractivity contribution in [1.29, 1.82) is 5.26 Å². The molecule has 0 saturated carbocycles. The van der Waals surface area contributed by atoms with Gasteiger partial charge in [0.05, 0.1) is 16.6 Å². The van der Waals surface area contributed by atoms with Crippen LogP contribution in [0.25, 0.3) is 0 Å². The fourth-order valence-corrected chi connectivity index (χ4v) is 2.32. The van der Waals surface area contributed by atoms with Gasteiger partial charge in [-0.25, -0.2) is 0 Å². The van der Waals surface area contributed by atoms with E-state index in [0.717, 1.165) is 11.1 Å². The average Bonchev–Trinajstić information content (AvgIpc) is 2.60. The summed E-state index contributed by atoms with van der Waals surface area (Å²) in [5.74, 6) is -0.0362. The first kappa shape index (κ1) is 17.2. The molecule has 0 saturated heterocycles. The van der Waals surface area contributed by atoms with Crippen LogP contribution in [0, 0.1) is 21.4 Å². The van der Waals surface area contributed by atoms with Crippen molar-refractivity contribution >= 4 is 11.6 Å². The smallest absolute Gasteiger partial charge is 0.269 e. The number of nitro groups is 1. The number of rotatable bonds is 6. The molecule has 0 spiro atoms. The van der Waals surface area contributed by atoms with Crippen LogP contribution in [0.4, 0.5) is 5.69 Å². The zero-order chi connectivity index (χ0) is 17.5. The van der Waals surface area contributed by atoms with Gasteiger partial charge in [0.25, 0.3) is 5.69 Å². The van der Waals surface area contributed by atoms with Gasteiger partial charge in [-0.05, 0) is 29.7 Å². The lowest BCUT2D eigenvalue weighted by atomic mass is 10.1. The van der Waals surface area contributed by atoms with E-state index in [-0.39, 0.29) is 11.6 Å². The van der Waals surface area contributed by atoms with Gasteiger partial charge in [-0.15, -0.1) is 0 Å². The Balaban J connectivity index is 1.91. The molecule has 0 aliphatic carbocycles. The molecule has 0 aliphatic rings. The molecule has 0 heterocycles. The molecule has 0 aliphatic heterocycles. The molecule has 2 aromatic rings. The number of carbonyl (C=O) groups excluding carboxylic acids is 1. The van der Waals surface area contributed by atoms with E-state index in [1.165, 1.54) is 12.1 Å². The van der Waals surface area contributed by atoms with Gasteiger partial charge in [0, 0.05) is 32.1 Å². The zero-order valence-electron chi connectivity index (χ0n) is 13.3. The molecule has 0 bridgehead atoms. The van der Waals surface area contributed by atoms with E-state index in [0.29, 0.717) is 24.9 Å². The monoisotopic (exact) mass is 323 g/mol. The summed E-state index contributed by atoms with van der Waals surface area (Å²) in [5.41, 5.74) is 2.32. The van der Waals surface area contributed by atoms with Crippen LogP contribution in [0.2, 0.25) is 0 Å². The third-order valence-corrected chi connectivity index (χ3v) is 3.68. The molecule has 2 rings (SSSR count). The third kappa shape index (κ3) is 4.65. The SMILES string of the molecule is CN(Cc1cccc([N+](=O)[O-])c1)C(=O)CCc1ccc(C#N)cc1. The van der Waals surface area contributed by atoms with Crippen LogP contribution in [-0.2, 0) is 17.8 Å². The van der Waals surface area contributed by atoms with Crippen molar-refractivity contribution < 1.29 is 9.72 Å². The minimum absolute atomic E-state index is 0.0194. The first-order chi connectivity index (χ1) is 11.5. The lowest BCUT2D eigenvalue weighted by Gasteiger charge is -2.17. The Morgan fingerprint density at radius 2 is 1.92 bits per heavy atom. The summed E-state index contributed by atoms with van der Waals surface area (Å²) in [5, 5.41) is 19.5. The molecule has 0 atom stereocenters. The largest absolute Gasteiger partial charge is 0.341 e. The zero-order valence-corrected chi connectivity index (χ0v) is 13.3. The number of non-ortho nitro benzene ring substituents is 1. The second-order valence-corrected chi connectivity index (χ2v) is 5.49. The van der Waals surface area contributed by atoms with Crippen LogP contribution in [-0.4, -0.2) is 22.8 Å². The van der Waals surface area contributed by atoms with Gasteiger partial charge in [0.15, 0.2) is 0 Å². The highest BCUT2D eigenvalue weighted by atomic mass is 16.6. The van der Waals surface area contributed by atoms with Crippen molar-refractivity contribution in [2.24, 2.45) is 0 Å². The number of carbonyl (C=O) groups is 1. The molecule has 122 valence electrons. The van der Waals surface area contributed by atoms with Crippen LogP contribution in [0.1, 0.15) is 23.1 Å². The summed E-state index contributed by atoms with van der Waals surface area (Å²) in [4.78, 5) is 24.1. The van der Waals surface area contributed by atoms with Crippen molar-refractivity contribution in [2.75, 3.05) is 7.05 Å². The molecule has 0 N–H and O–H groups in total. The number of nitro benzene ring substituents is 1. The molecule has 0 aromatic heterocycles. The number of nitriles is 1. The van der Waals surface area contributed by atoms with Crippen LogP contribution in [0.5, 0.6) is 0 Å². The Hall–Kier alpha value is -3.20. The van der Waals surface area contributed by atoms with Crippen molar-refractivity contribution in [3.63, 3.8) is 0 Å². The predicted octanol–water partition coefficient (Wildman–Crippen LogP) is 3.06. The maximum Gasteiger partial charge on any atom is 0.269 e. The Kier molecular flexibility index (Phi) is 5.63. The molecular formula is C18H17N3O3. The van der Waals surface area contributed by atoms with Gasteiger partial charge in [-0.3, -0.25) is 14.9 Å². The first-order valence-electron chi connectivity index (χ1n) is 7.46. The highest BCUT2D eigenvalue weighted by Gasteiger charge is 2.12. The van der Waals surface area contributed by atoms with E-state index < -0.39 is 4.92 Å². The van der Waals surface area contributed by atoms with E-state index in [9.17, 15) is 14.9 Å². The molecular weight excluding hydrogens is 306 g/mol. The normalized spacial score (nSPS) is 10.0. The minimum atomic E-state index is -0.448. The number of nitrogens with zero attached hydrogens (tertiary/aromatic N) is 3. The second-order valence-electron chi connectivity index (χ2n) is 5.49. The fraction of sp³-hybridized carbons (Fsp3) is 0.222. The summed E-state index contributed by atoms with van der Waals surface area (Å²) in [6, 6.07) is 15.5. The first-order valence-corrected chi connectivity index (χ1v) is 7.46. The standard InChI is InChI=1S/C18H17N3O3/c1-20(13-16-3-2-4-17(11-16)21(23)24)18(22)10-9-14-5-7-15(12-19)8-6-14/h2-8,11H,9-10,13H2,1H3. The molecule has 1 amide bonds. The second kappa shape index (κ2) is 7.88. The number of hydrogen-bond acceptors (Lipinski definition) is 4. The van der Waals surface area contributed by atoms with Crippen molar-refractivity contribution in [3.8, 4) is 6.07 Å². The highest BCUT2D eigenvalue weighted by Crippen LogP contribution is 2.15. The van der Waals surface area contributed by atoms with Crippen LogP contribution >= 0.6 is 0 Å². The van der Waals surface area contributed by atoms with Gasteiger partial charge < -0.3 is 4.90 Å². The van der Waals surface area contributed by atoms with E-state index in [1.807, 2.05) is 12.1 Å². The average molecular weight is 323 g/mol. The van der Waals surface area contributed by atoms with E-state index >= 15 is 0 Å². The predicted molar refractivity (Wildman–Crippen MR) is 89.0 cm³/mol. The maximum absolute atomic E-state index is 12.2. The van der Waals surface area contributed by atoms with Crippen LogP contribution in [0.3, 0.4) is 0 Å². The fourth-order valence-electron chi connectivity index (χ4n) is 2.32. The van der Waals surface area contributed by atoms with E-state index in [2.05, 4.69) is 6.07 Å². The number of aryl methyl sites for hydroxylation is 1. The highest BCUT2D eigenvalue weighted by molar-refractivity contribution is 5.76. The lowest BCUT2D eigenvalue weighted by molar-refractivity contribution is -0.384. The Morgan fingerprint density at radius 1 is 1.21 bits per heavy atom. The van der Waals surface area contributed by atoms with Gasteiger partial charge in [0.1, 0.15) is 0 Å². The minimum Gasteiger partial charge on any atom is -0.341 e. The van der Waals surface area contributed by atoms with Crippen LogP contribution < -0.4 is 0 Å². The third-order valence-electron chi connectivity index (χ3n) is 3.68. The van der Waals surface area contributed by atoms with E-state index in [1.54, 1.807) is 36.2 Å². The Bertz CT molecular complexity index is 779. The number of benzene rings is 2. The molecule has 6 heteroatoms. The van der Waals surface area contributed by atoms with Gasteiger partial charge in [0.2, 0.25) is 5.91 Å². The topological polar surface area (TPSA) is 87.2 Å². The van der Waals surface area contributed by atoms with Crippen molar-refractivity contribution in [3.05, 3.63) is 75.3 Å². The summed E-state index contributed by atoms with van der Waals surface area (Å²) in [6.45, 7) is 0.327. The summed E-state index contributed by atoms with van der Waals surface area (Å²) in [6.07, 6.45) is 0.932. The molecule has 0 unspecified atom stereocenters. The summed E-state index contributed by atoms with van der Waals surface area (Å²) in [7, 11) is 1.68. The molecule has 6 nitrogen and oxygen atoms in total. The molecule has 0 fully saturated rings. The van der Waals surface area contributed by atoms with Gasteiger partial charge >= 0.3 is 0 Å². The van der Waals surface area contributed by atoms with Crippen LogP contribution in [0.15, 0.2) is 48.5 Å². The van der Waals surface area contributed by atoms with Gasteiger partial charge in [-0.1, -0.05) is 24.3 Å². The Labute approximate surface area is 140 Å². The van der Waals surface area contributed by atoms with Gasteiger partial charge in [-0.2, -0.15) is 5.26 Å². The summed E-state index contributed by atoms with van der Waals surface area (Å²) >= 11 is 0.